The number of aromatic nitrogens is 2. The van der Waals surface area contributed by atoms with Crippen molar-refractivity contribution in [3.05, 3.63) is 104 Å². The highest BCUT2D eigenvalue weighted by molar-refractivity contribution is 6.30. The van der Waals surface area contributed by atoms with Gasteiger partial charge in [-0.15, -0.1) is 12.4 Å². The lowest BCUT2D eigenvalue weighted by atomic mass is 10.0. The Morgan fingerprint density at radius 3 is 2.74 bits per heavy atom. The van der Waals surface area contributed by atoms with Crippen molar-refractivity contribution in [1.29, 1.82) is 5.26 Å². The van der Waals surface area contributed by atoms with Crippen molar-refractivity contribution in [2.24, 2.45) is 0 Å². The molecular formula is C28H22Cl3F2N5O. The van der Waals surface area contributed by atoms with E-state index in [4.69, 9.17) is 23.2 Å². The minimum atomic E-state index is -1.07. The number of carbonyl (C=O) groups excluding carboxylic acids is 1. The molecule has 0 fully saturated rings. The van der Waals surface area contributed by atoms with E-state index in [1.54, 1.807) is 47.2 Å². The number of hydrogen-bond donors (Lipinski definition) is 1. The van der Waals surface area contributed by atoms with Gasteiger partial charge < -0.3 is 5.32 Å². The van der Waals surface area contributed by atoms with Crippen molar-refractivity contribution >= 4 is 58.6 Å². The van der Waals surface area contributed by atoms with Gasteiger partial charge in [-0.3, -0.25) is 9.47 Å². The number of pyridine rings is 1. The van der Waals surface area contributed by atoms with Gasteiger partial charge >= 0.3 is 6.03 Å². The zero-order valence-electron chi connectivity index (χ0n) is 20.4. The van der Waals surface area contributed by atoms with Gasteiger partial charge in [-0.05, 0) is 47.5 Å². The largest absolute Gasteiger partial charge is 0.333 e. The molecule has 200 valence electrons. The number of amides is 1. The van der Waals surface area contributed by atoms with Crippen LogP contribution in [0.15, 0.2) is 54.7 Å². The fourth-order valence-electron chi connectivity index (χ4n) is 4.68. The molecule has 0 radical (unpaired) electrons. The Morgan fingerprint density at radius 1 is 1.15 bits per heavy atom. The number of hydrogen-bond acceptors (Lipinski definition) is 4. The quantitative estimate of drug-likeness (QED) is 0.207. The molecule has 6 nitrogen and oxygen atoms in total. The van der Waals surface area contributed by atoms with Crippen molar-refractivity contribution in [2.45, 2.75) is 19.5 Å². The van der Waals surface area contributed by atoms with Gasteiger partial charge in [0.1, 0.15) is 5.15 Å². The highest BCUT2D eigenvalue weighted by Gasteiger charge is 2.26. The van der Waals surface area contributed by atoms with Crippen LogP contribution in [0, 0.1) is 23.0 Å². The maximum Gasteiger partial charge on any atom is 0.326 e. The molecule has 3 heterocycles. The van der Waals surface area contributed by atoms with E-state index in [1.165, 1.54) is 18.2 Å². The van der Waals surface area contributed by atoms with Crippen molar-refractivity contribution < 1.29 is 13.6 Å². The average molecular weight is 589 g/mol. The van der Waals surface area contributed by atoms with E-state index in [9.17, 15) is 18.8 Å². The molecule has 0 saturated carbocycles. The number of rotatable bonds is 5. The highest BCUT2D eigenvalue weighted by Crippen LogP contribution is 2.32. The SMILES string of the molecule is Cl.N#Cc1ccc2c(c1)c1c(n2C(=O)NCc2ccnc(Cl)c2)CCN(C/C=C/c2ccc(Cl)c(F)c2F)C1. The molecule has 0 unspecified atom stereocenters. The fraction of sp³-hybridized carbons (Fsp3) is 0.179. The molecule has 0 spiro atoms. The van der Waals surface area contributed by atoms with Crippen LogP contribution >= 0.6 is 35.6 Å². The first-order valence-corrected chi connectivity index (χ1v) is 12.6. The van der Waals surface area contributed by atoms with E-state index in [0.29, 0.717) is 36.8 Å². The zero-order chi connectivity index (χ0) is 26.8. The molecule has 2 aromatic carbocycles. The van der Waals surface area contributed by atoms with Crippen LogP contribution < -0.4 is 5.32 Å². The summed E-state index contributed by atoms with van der Waals surface area (Å²) in [4.78, 5) is 19.4. The number of carbonyl (C=O) groups is 1. The Morgan fingerprint density at radius 2 is 1.97 bits per heavy atom. The van der Waals surface area contributed by atoms with E-state index < -0.39 is 11.6 Å². The second kappa shape index (κ2) is 12.1. The van der Waals surface area contributed by atoms with Crippen molar-refractivity contribution in [2.75, 3.05) is 13.1 Å². The van der Waals surface area contributed by atoms with E-state index in [-0.39, 0.29) is 35.6 Å². The first-order valence-electron chi connectivity index (χ1n) is 11.8. The van der Waals surface area contributed by atoms with Gasteiger partial charge in [0.2, 0.25) is 0 Å². The normalized spacial score (nSPS) is 13.2. The predicted octanol–water partition coefficient (Wildman–Crippen LogP) is 6.74. The first kappa shape index (κ1) is 28.5. The maximum absolute atomic E-state index is 14.1. The molecular weight excluding hydrogens is 567 g/mol. The van der Waals surface area contributed by atoms with Gasteiger partial charge in [-0.1, -0.05) is 41.4 Å². The molecule has 5 rings (SSSR count). The summed E-state index contributed by atoms with van der Waals surface area (Å²) >= 11 is 11.6. The van der Waals surface area contributed by atoms with Crippen LogP contribution in [-0.4, -0.2) is 33.6 Å². The summed E-state index contributed by atoms with van der Waals surface area (Å²) in [5, 5.41) is 13.3. The molecule has 11 heteroatoms. The molecule has 39 heavy (non-hydrogen) atoms. The second-order valence-electron chi connectivity index (χ2n) is 8.90. The summed E-state index contributed by atoms with van der Waals surface area (Å²) in [5.41, 5.74) is 4.00. The molecule has 0 bridgehead atoms. The number of fused-ring (bicyclic) bond motifs is 3. The van der Waals surface area contributed by atoms with Crippen LogP contribution in [0.5, 0.6) is 0 Å². The fourth-order valence-corrected chi connectivity index (χ4v) is 5.02. The number of nitriles is 1. The molecule has 1 amide bonds. The highest BCUT2D eigenvalue weighted by atomic mass is 35.5. The minimum absolute atomic E-state index is 0. The summed E-state index contributed by atoms with van der Waals surface area (Å²) in [6, 6.07) is 13.4. The molecule has 1 N–H and O–H groups in total. The molecule has 4 aromatic rings. The lowest BCUT2D eigenvalue weighted by Crippen LogP contribution is -2.34. The summed E-state index contributed by atoms with van der Waals surface area (Å²) in [6.07, 6.45) is 5.47. The topological polar surface area (TPSA) is 74.0 Å². The van der Waals surface area contributed by atoms with E-state index in [2.05, 4.69) is 21.3 Å². The van der Waals surface area contributed by atoms with Crippen molar-refractivity contribution in [3.8, 4) is 6.07 Å². The average Bonchev–Trinajstić information content (AvgIpc) is 3.24. The predicted molar refractivity (Wildman–Crippen MR) is 150 cm³/mol. The van der Waals surface area contributed by atoms with E-state index in [0.717, 1.165) is 27.7 Å². The van der Waals surface area contributed by atoms with Gasteiger partial charge in [0, 0.05) is 55.4 Å². The monoisotopic (exact) mass is 587 g/mol. The third kappa shape index (κ3) is 5.92. The number of halogens is 5. The first-order chi connectivity index (χ1) is 18.4. The third-order valence-electron chi connectivity index (χ3n) is 6.52. The Hall–Kier alpha value is -3.48. The Balaban J connectivity index is 0.00000353. The van der Waals surface area contributed by atoms with Gasteiger partial charge in [0.15, 0.2) is 11.6 Å². The maximum atomic E-state index is 14.1. The molecule has 2 aromatic heterocycles. The summed E-state index contributed by atoms with van der Waals surface area (Å²) in [5.74, 6) is -2.05. The van der Waals surface area contributed by atoms with Gasteiger partial charge in [-0.25, -0.2) is 18.6 Å². The molecule has 1 aliphatic heterocycles. The van der Waals surface area contributed by atoms with Crippen molar-refractivity contribution in [3.63, 3.8) is 0 Å². The van der Waals surface area contributed by atoms with Crippen molar-refractivity contribution in [1.82, 2.24) is 19.8 Å². The lowest BCUT2D eigenvalue weighted by Gasteiger charge is -2.27. The minimum Gasteiger partial charge on any atom is -0.333 e. The number of nitrogens with one attached hydrogen (secondary N) is 1. The smallest absolute Gasteiger partial charge is 0.326 e. The van der Waals surface area contributed by atoms with E-state index >= 15 is 0 Å². The van der Waals surface area contributed by atoms with Crippen LogP contribution in [0.4, 0.5) is 13.6 Å². The standard InChI is InChI=1S/C28H21Cl2F2N5O.ClH/c29-22-5-4-19(26(31)27(22)32)2-1-10-36-11-8-24-21(16-36)20-12-17(14-33)3-6-23(20)37(24)28(38)35-15-18-7-9-34-25(30)13-18;/h1-7,9,12-13H,8,10-11,15-16H2,(H,35,38);1H/b2-1+;. The van der Waals surface area contributed by atoms with Gasteiger partial charge in [0.25, 0.3) is 0 Å². The summed E-state index contributed by atoms with van der Waals surface area (Å²) in [7, 11) is 0. The second-order valence-corrected chi connectivity index (χ2v) is 9.70. The zero-order valence-corrected chi connectivity index (χ0v) is 22.8. The van der Waals surface area contributed by atoms with E-state index in [1.807, 2.05) is 0 Å². The van der Waals surface area contributed by atoms with Crippen LogP contribution in [0.25, 0.3) is 17.0 Å². The van der Waals surface area contributed by atoms with Gasteiger partial charge in [-0.2, -0.15) is 5.26 Å². The number of nitrogens with zero attached hydrogens (tertiary/aromatic N) is 4. The Bertz CT molecular complexity index is 1630. The number of benzene rings is 2. The summed E-state index contributed by atoms with van der Waals surface area (Å²) < 4.78 is 29.6. The molecule has 1 aliphatic rings. The van der Waals surface area contributed by atoms with Gasteiger partial charge in [0.05, 0.1) is 22.2 Å². The molecule has 0 aliphatic carbocycles. The Labute approximate surface area is 239 Å². The Kier molecular flexibility index (Phi) is 8.88. The molecule has 0 saturated heterocycles. The molecule has 0 atom stereocenters. The van der Waals surface area contributed by atoms with Crippen LogP contribution in [0.2, 0.25) is 10.2 Å². The third-order valence-corrected chi connectivity index (χ3v) is 7.02. The van der Waals surface area contributed by atoms with Crippen LogP contribution in [0.3, 0.4) is 0 Å². The lowest BCUT2D eigenvalue weighted by molar-refractivity contribution is 0.240. The van der Waals surface area contributed by atoms with Crippen LogP contribution in [-0.2, 0) is 19.5 Å². The summed E-state index contributed by atoms with van der Waals surface area (Å²) in [6.45, 7) is 1.96. The van der Waals surface area contributed by atoms with Crippen LogP contribution in [0.1, 0.15) is 27.9 Å².